The summed E-state index contributed by atoms with van der Waals surface area (Å²) in [5.74, 6) is -1.34. The summed E-state index contributed by atoms with van der Waals surface area (Å²) in [7, 11) is 0. The van der Waals surface area contributed by atoms with Gasteiger partial charge in [0.2, 0.25) is 0 Å². The van der Waals surface area contributed by atoms with Crippen LogP contribution < -0.4 is 4.90 Å². The molecular formula is C18H24N2O4. The standard InChI is InChI=1S/C18H24N2O4/c1-13-4-5-14(11-16(13)19-7-9-24-10-8-19)17(21)20-6-2-3-15(12-20)18(22)23/h4-5,11,15H,2-3,6-10,12H2,1H3,(H,22,23). The van der Waals surface area contributed by atoms with Gasteiger partial charge in [-0.25, -0.2) is 0 Å². The first-order valence-electron chi connectivity index (χ1n) is 8.51. The number of carboxylic acids is 1. The molecule has 0 spiro atoms. The Morgan fingerprint density at radius 1 is 1.21 bits per heavy atom. The third-order valence-corrected chi connectivity index (χ3v) is 4.87. The molecule has 2 aliphatic rings. The highest BCUT2D eigenvalue weighted by Crippen LogP contribution is 2.25. The monoisotopic (exact) mass is 332 g/mol. The predicted molar refractivity (Wildman–Crippen MR) is 90.5 cm³/mol. The second kappa shape index (κ2) is 7.21. The van der Waals surface area contributed by atoms with Crippen LogP contribution in [0, 0.1) is 12.8 Å². The lowest BCUT2D eigenvalue weighted by molar-refractivity contribution is -0.143. The van der Waals surface area contributed by atoms with Crippen LogP contribution in [0.3, 0.4) is 0 Å². The summed E-state index contributed by atoms with van der Waals surface area (Å²) in [6.45, 7) is 6.01. The maximum Gasteiger partial charge on any atom is 0.308 e. The van der Waals surface area contributed by atoms with E-state index < -0.39 is 11.9 Å². The topological polar surface area (TPSA) is 70.1 Å². The highest BCUT2D eigenvalue weighted by atomic mass is 16.5. The number of amides is 1. The number of aryl methyl sites for hydroxylation is 1. The molecule has 0 saturated carbocycles. The number of carbonyl (C=O) groups excluding carboxylic acids is 1. The third-order valence-electron chi connectivity index (χ3n) is 4.87. The van der Waals surface area contributed by atoms with E-state index in [4.69, 9.17) is 4.74 Å². The number of benzene rings is 1. The first-order chi connectivity index (χ1) is 11.6. The van der Waals surface area contributed by atoms with E-state index in [1.165, 1.54) is 0 Å². The number of carboxylic acid groups (broad SMARTS) is 1. The van der Waals surface area contributed by atoms with Crippen molar-refractivity contribution in [3.05, 3.63) is 29.3 Å². The van der Waals surface area contributed by atoms with E-state index in [0.29, 0.717) is 38.3 Å². The first kappa shape index (κ1) is 16.8. The number of hydrogen-bond acceptors (Lipinski definition) is 4. The van der Waals surface area contributed by atoms with Gasteiger partial charge in [0.25, 0.3) is 5.91 Å². The minimum Gasteiger partial charge on any atom is -0.481 e. The predicted octanol–water partition coefficient (Wildman–Crippen LogP) is 1.77. The summed E-state index contributed by atoms with van der Waals surface area (Å²) in [5, 5.41) is 9.20. The Kier molecular flexibility index (Phi) is 5.04. The Morgan fingerprint density at radius 3 is 2.67 bits per heavy atom. The van der Waals surface area contributed by atoms with Crippen molar-refractivity contribution in [3.8, 4) is 0 Å². The molecule has 0 aliphatic carbocycles. The normalized spacial score (nSPS) is 21.6. The summed E-state index contributed by atoms with van der Waals surface area (Å²) in [5.41, 5.74) is 2.83. The van der Waals surface area contributed by atoms with Crippen molar-refractivity contribution in [3.63, 3.8) is 0 Å². The highest BCUT2D eigenvalue weighted by molar-refractivity contribution is 5.95. The van der Waals surface area contributed by atoms with Crippen molar-refractivity contribution < 1.29 is 19.4 Å². The van der Waals surface area contributed by atoms with Crippen LogP contribution in [0.2, 0.25) is 0 Å². The molecule has 1 N–H and O–H groups in total. The van der Waals surface area contributed by atoms with Crippen LogP contribution in [-0.2, 0) is 9.53 Å². The molecule has 0 radical (unpaired) electrons. The van der Waals surface area contributed by atoms with Crippen LogP contribution in [0.1, 0.15) is 28.8 Å². The smallest absolute Gasteiger partial charge is 0.308 e. The average molecular weight is 332 g/mol. The quantitative estimate of drug-likeness (QED) is 0.913. The molecule has 2 aliphatic heterocycles. The van der Waals surface area contributed by atoms with Gasteiger partial charge in [0.15, 0.2) is 0 Å². The molecule has 1 unspecified atom stereocenters. The van der Waals surface area contributed by atoms with Gasteiger partial charge >= 0.3 is 5.97 Å². The fourth-order valence-electron chi connectivity index (χ4n) is 3.43. The number of nitrogens with zero attached hydrogens (tertiary/aromatic N) is 2. The van der Waals surface area contributed by atoms with Gasteiger partial charge in [0.05, 0.1) is 19.1 Å². The van der Waals surface area contributed by atoms with E-state index in [-0.39, 0.29) is 5.91 Å². The SMILES string of the molecule is Cc1ccc(C(=O)N2CCCC(C(=O)O)C2)cc1N1CCOCC1. The molecule has 0 aromatic heterocycles. The molecule has 24 heavy (non-hydrogen) atoms. The summed E-state index contributed by atoms with van der Waals surface area (Å²) in [6, 6.07) is 5.75. The van der Waals surface area contributed by atoms with E-state index in [9.17, 15) is 14.7 Å². The fourth-order valence-corrected chi connectivity index (χ4v) is 3.43. The molecule has 6 nitrogen and oxygen atoms in total. The molecule has 130 valence electrons. The molecule has 2 saturated heterocycles. The van der Waals surface area contributed by atoms with Gasteiger partial charge in [0, 0.05) is 37.4 Å². The number of aliphatic carboxylic acids is 1. The van der Waals surface area contributed by atoms with Gasteiger partial charge in [0.1, 0.15) is 0 Å². The van der Waals surface area contributed by atoms with Gasteiger partial charge in [-0.15, -0.1) is 0 Å². The van der Waals surface area contributed by atoms with Gasteiger partial charge in [-0.2, -0.15) is 0 Å². The van der Waals surface area contributed by atoms with E-state index in [1.807, 2.05) is 25.1 Å². The molecule has 3 rings (SSSR count). The largest absolute Gasteiger partial charge is 0.481 e. The zero-order valence-corrected chi connectivity index (χ0v) is 14.0. The molecule has 1 atom stereocenters. The minimum atomic E-state index is -0.814. The van der Waals surface area contributed by atoms with Crippen molar-refractivity contribution in [2.45, 2.75) is 19.8 Å². The van der Waals surface area contributed by atoms with E-state index in [1.54, 1.807) is 4.90 Å². The lowest BCUT2D eigenvalue weighted by Gasteiger charge is -2.32. The molecule has 1 aromatic rings. The van der Waals surface area contributed by atoms with Crippen LogP contribution in [0.5, 0.6) is 0 Å². The highest BCUT2D eigenvalue weighted by Gasteiger charge is 2.29. The van der Waals surface area contributed by atoms with Gasteiger partial charge in [-0.1, -0.05) is 6.07 Å². The minimum absolute atomic E-state index is 0.0736. The Balaban J connectivity index is 1.78. The Bertz CT molecular complexity index is 625. The number of anilines is 1. The second-order valence-electron chi connectivity index (χ2n) is 6.53. The Morgan fingerprint density at radius 2 is 1.96 bits per heavy atom. The Hall–Kier alpha value is -2.08. The van der Waals surface area contributed by atoms with Crippen LogP contribution in [0.25, 0.3) is 0 Å². The number of rotatable bonds is 3. The Labute approximate surface area is 142 Å². The number of likely N-dealkylation sites (tertiary alicyclic amines) is 1. The zero-order chi connectivity index (χ0) is 17.1. The maximum absolute atomic E-state index is 12.8. The number of ether oxygens (including phenoxy) is 1. The number of morpholine rings is 1. The van der Waals surface area contributed by atoms with Gasteiger partial charge in [-0.05, 0) is 37.5 Å². The van der Waals surface area contributed by atoms with Crippen molar-refractivity contribution >= 4 is 17.6 Å². The van der Waals surface area contributed by atoms with Crippen molar-refractivity contribution in [2.75, 3.05) is 44.3 Å². The van der Waals surface area contributed by atoms with Crippen LogP contribution in [0.4, 0.5) is 5.69 Å². The lowest BCUT2D eigenvalue weighted by atomic mass is 9.97. The van der Waals surface area contributed by atoms with Crippen LogP contribution in [-0.4, -0.2) is 61.3 Å². The molecular weight excluding hydrogens is 308 g/mol. The second-order valence-corrected chi connectivity index (χ2v) is 6.53. The zero-order valence-electron chi connectivity index (χ0n) is 14.0. The van der Waals surface area contributed by atoms with E-state index in [2.05, 4.69) is 4.90 Å². The van der Waals surface area contributed by atoms with Crippen molar-refractivity contribution in [2.24, 2.45) is 5.92 Å². The number of carbonyl (C=O) groups is 2. The number of hydrogen-bond donors (Lipinski definition) is 1. The summed E-state index contributed by atoms with van der Waals surface area (Å²) >= 11 is 0. The third kappa shape index (κ3) is 3.53. The van der Waals surface area contributed by atoms with Crippen LogP contribution in [0.15, 0.2) is 18.2 Å². The molecule has 0 bridgehead atoms. The molecule has 1 amide bonds. The lowest BCUT2D eigenvalue weighted by Crippen LogP contribution is -2.42. The van der Waals surface area contributed by atoms with Gasteiger partial charge in [-0.3, -0.25) is 9.59 Å². The van der Waals surface area contributed by atoms with Crippen LogP contribution >= 0.6 is 0 Å². The molecule has 1 aromatic carbocycles. The fraction of sp³-hybridized carbons (Fsp3) is 0.556. The van der Waals surface area contributed by atoms with E-state index >= 15 is 0 Å². The van der Waals surface area contributed by atoms with E-state index in [0.717, 1.165) is 30.8 Å². The number of piperidine rings is 1. The first-order valence-corrected chi connectivity index (χ1v) is 8.51. The molecule has 2 heterocycles. The molecule has 2 fully saturated rings. The van der Waals surface area contributed by atoms with Gasteiger partial charge < -0.3 is 19.6 Å². The van der Waals surface area contributed by atoms with Crippen molar-refractivity contribution in [1.82, 2.24) is 4.90 Å². The maximum atomic E-state index is 12.8. The summed E-state index contributed by atoms with van der Waals surface area (Å²) < 4.78 is 5.40. The summed E-state index contributed by atoms with van der Waals surface area (Å²) in [4.78, 5) is 27.9. The summed E-state index contributed by atoms with van der Waals surface area (Å²) in [6.07, 6.45) is 1.39. The average Bonchev–Trinajstić information content (AvgIpc) is 2.62. The molecule has 6 heteroatoms. The van der Waals surface area contributed by atoms with Crippen molar-refractivity contribution in [1.29, 1.82) is 0 Å².